The summed E-state index contributed by atoms with van der Waals surface area (Å²) in [5.74, 6) is 0.681. The van der Waals surface area contributed by atoms with E-state index in [1.165, 1.54) is 18.9 Å². The fourth-order valence-electron chi connectivity index (χ4n) is 3.90. The van der Waals surface area contributed by atoms with E-state index in [4.69, 9.17) is 32.7 Å². The molecule has 0 atom stereocenters. The van der Waals surface area contributed by atoms with Crippen LogP contribution in [0, 0.1) is 0 Å². The van der Waals surface area contributed by atoms with Gasteiger partial charge in [0.2, 0.25) is 0 Å². The van der Waals surface area contributed by atoms with Gasteiger partial charge in [0, 0.05) is 12.3 Å². The Morgan fingerprint density at radius 3 is 1.92 bits per heavy atom. The number of halogens is 2. The van der Waals surface area contributed by atoms with E-state index in [-0.39, 0.29) is 11.4 Å². The minimum absolute atomic E-state index is 0.146. The second-order valence-electron chi connectivity index (χ2n) is 6.73. The fraction of sp³-hybridized carbons (Fsp3) is 0.381. The van der Waals surface area contributed by atoms with Gasteiger partial charge in [-0.3, -0.25) is 4.79 Å². The number of benzene rings is 2. The number of ether oxygens (including phenoxy) is 2. The molecule has 0 bridgehead atoms. The first-order valence-corrected chi connectivity index (χ1v) is 9.54. The molecule has 2 aromatic carbocycles. The van der Waals surface area contributed by atoms with Gasteiger partial charge in [-0.05, 0) is 48.2 Å². The predicted molar refractivity (Wildman–Crippen MR) is 105 cm³/mol. The molecule has 1 saturated carbocycles. The Bertz CT molecular complexity index is 811. The van der Waals surface area contributed by atoms with Crippen LogP contribution in [-0.2, 0) is 10.2 Å². The highest BCUT2D eigenvalue weighted by molar-refractivity contribution is 6.32. The molecule has 3 rings (SSSR count). The number of hydrogen-bond acceptors (Lipinski definition) is 3. The molecule has 0 N–H and O–H groups in total. The topological polar surface area (TPSA) is 35.5 Å². The Hall–Kier alpha value is -1.71. The van der Waals surface area contributed by atoms with Gasteiger partial charge in [-0.2, -0.15) is 0 Å². The molecule has 5 heteroatoms. The molecule has 3 nitrogen and oxygen atoms in total. The van der Waals surface area contributed by atoms with Gasteiger partial charge < -0.3 is 9.47 Å². The van der Waals surface area contributed by atoms with Crippen molar-refractivity contribution in [3.05, 3.63) is 57.6 Å². The maximum Gasteiger partial charge on any atom is 0.308 e. The Kier molecular flexibility index (Phi) is 5.79. The number of esters is 1. The third kappa shape index (κ3) is 3.70. The van der Waals surface area contributed by atoms with Crippen molar-refractivity contribution in [2.24, 2.45) is 0 Å². The lowest BCUT2D eigenvalue weighted by Gasteiger charge is -2.39. The molecular weight excluding hydrogens is 371 g/mol. The van der Waals surface area contributed by atoms with Gasteiger partial charge in [0.15, 0.2) is 0 Å². The van der Waals surface area contributed by atoms with E-state index in [0.29, 0.717) is 21.5 Å². The van der Waals surface area contributed by atoms with Crippen LogP contribution in [0.3, 0.4) is 0 Å². The molecular formula is C21H22Cl2O3. The first-order valence-electron chi connectivity index (χ1n) is 8.79. The maximum atomic E-state index is 11.2. The van der Waals surface area contributed by atoms with Crippen LogP contribution in [0.4, 0.5) is 0 Å². The Morgan fingerprint density at radius 2 is 1.46 bits per heavy atom. The van der Waals surface area contributed by atoms with E-state index in [0.717, 1.165) is 31.2 Å². The van der Waals surface area contributed by atoms with Crippen LogP contribution >= 0.6 is 23.2 Å². The van der Waals surface area contributed by atoms with Crippen molar-refractivity contribution in [1.82, 2.24) is 0 Å². The largest absolute Gasteiger partial charge is 0.495 e. The third-order valence-corrected chi connectivity index (χ3v) is 5.74. The van der Waals surface area contributed by atoms with Crippen molar-refractivity contribution in [2.45, 2.75) is 44.4 Å². The molecule has 138 valence electrons. The molecule has 2 aromatic rings. The highest BCUT2D eigenvalue weighted by atomic mass is 35.5. The van der Waals surface area contributed by atoms with Crippen molar-refractivity contribution in [3.63, 3.8) is 0 Å². The minimum atomic E-state index is -0.381. The third-order valence-electron chi connectivity index (χ3n) is 5.15. The smallest absolute Gasteiger partial charge is 0.308 e. The monoisotopic (exact) mass is 392 g/mol. The first-order chi connectivity index (χ1) is 12.5. The molecule has 0 spiro atoms. The van der Waals surface area contributed by atoms with Crippen LogP contribution in [0.15, 0.2) is 36.4 Å². The second-order valence-corrected chi connectivity index (χ2v) is 7.55. The van der Waals surface area contributed by atoms with Crippen molar-refractivity contribution in [1.29, 1.82) is 0 Å². The highest BCUT2D eigenvalue weighted by Crippen LogP contribution is 2.47. The van der Waals surface area contributed by atoms with Crippen LogP contribution in [0.2, 0.25) is 10.0 Å². The van der Waals surface area contributed by atoms with Gasteiger partial charge in [-0.25, -0.2) is 0 Å². The van der Waals surface area contributed by atoms with Crippen LogP contribution < -0.4 is 9.47 Å². The molecule has 0 amide bonds. The van der Waals surface area contributed by atoms with Gasteiger partial charge >= 0.3 is 5.97 Å². The Balaban J connectivity index is 2.07. The molecule has 0 radical (unpaired) electrons. The zero-order valence-electron chi connectivity index (χ0n) is 15.0. The molecule has 0 aliphatic heterocycles. The lowest BCUT2D eigenvalue weighted by Crippen LogP contribution is -2.30. The zero-order chi connectivity index (χ0) is 18.7. The number of carbonyl (C=O) groups excluding carboxylic acids is 1. The van der Waals surface area contributed by atoms with E-state index in [1.807, 2.05) is 24.3 Å². The van der Waals surface area contributed by atoms with Crippen LogP contribution in [0.25, 0.3) is 0 Å². The van der Waals surface area contributed by atoms with E-state index in [9.17, 15) is 4.79 Å². The van der Waals surface area contributed by atoms with Crippen LogP contribution in [0.1, 0.15) is 50.2 Å². The average molecular weight is 393 g/mol. The number of methoxy groups -OCH3 is 1. The molecule has 1 fully saturated rings. The number of carbonyl (C=O) groups is 1. The molecule has 26 heavy (non-hydrogen) atoms. The lowest BCUT2D eigenvalue weighted by molar-refractivity contribution is -0.131. The van der Waals surface area contributed by atoms with Gasteiger partial charge in [-0.1, -0.05) is 54.6 Å². The van der Waals surface area contributed by atoms with E-state index in [1.54, 1.807) is 13.2 Å². The summed E-state index contributed by atoms with van der Waals surface area (Å²) < 4.78 is 10.5. The Morgan fingerprint density at radius 1 is 0.923 bits per heavy atom. The van der Waals surface area contributed by atoms with E-state index >= 15 is 0 Å². The van der Waals surface area contributed by atoms with Crippen molar-refractivity contribution in [3.8, 4) is 11.5 Å². The summed E-state index contributed by atoms with van der Waals surface area (Å²) in [6.45, 7) is 1.37. The van der Waals surface area contributed by atoms with Gasteiger partial charge in [0.25, 0.3) is 0 Å². The summed E-state index contributed by atoms with van der Waals surface area (Å²) >= 11 is 12.8. The quantitative estimate of drug-likeness (QED) is 0.460. The second kappa shape index (κ2) is 7.89. The zero-order valence-corrected chi connectivity index (χ0v) is 16.5. The standard InChI is InChI=1S/C21H22Cl2O3/c1-14(24)26-20-9-7-16(13-18(20)23)21(10-4-3-5-11-21)15-6-8-19(25-2)17(22)12-15/h6-9,12-13H,3-5,10-11H2,1-2H3. The van der Waals surface area contributed by atoms with Gasteiger partial charge in [0.1, 0.15) is 11.5 Å². The summed E-state index contributed by atoms with van der Waals surface area (Å²) in [6.07, 6.45) is 5.57. The molecule has 0 heterocycles. The van der Waals surface area contributed by atoms with Crippen molar-refractivity contribution < 1.29 is 14.3 Å². The normalized spacial score (nSPS) is 16.2. The molecule has 1 aliphatic carbocycles. The van der Waals surface area contributed by atoms with Crippen molar-refractivity contribution >= 4 is 29.2 Å². The van der Waals surface area contributed by atoms with Crippen molar-refractivity contribution in [2.75, 3.05) is 7.11 Å². The summed E-state index contributed by atoms with van der Waals surface area (Å²) in [5.41, 5.74) is 2.14. The van der Waals surface area contributed by atoms with Crippen LogP contribution in [0.5, 0.6) is 11.5 Å². The first kappa shape index (κ1) is 19.1. The number of hydrogen-bond donors (Lipinski definition) is 0. The Labute approximate surface area is 164 Å². The van der Waals surface area contributed by atoms with E-state index < -0.39 is 0 Å². The summed E-state index contributed by atoms with van der Waals surface area (Å²) in [7, 11) is 1.62. The van der Waals surface area contributed by atoms with Gasteiger partial charge in [0.05, 0.1) is 17.2 Å². The summed E-state index contributed by atoms with van der Waals surface area (Å²) in [4.78, 5) is 11.2. The molecule has 0 aromatic heterocycles. The SMILES string of the molecule is COc1ccc(C2(c3ccc(OC(C)=O)c(Cl)c3)CCCCC2)cc1Cl. The van der Waals surface area contributed by atoms with E-state index in [2.05, 4.69) is 6.07 Å². The summed E-state index contributed by atoms with van der Waals surface area (Å²) in [5, 5.41) is 1.06. The maximum absolute atomic E-state index is 11.2. The molecule has 0 saturated heterocycles. The number of rotatable bonds is 4. The molecule has 0 unspecified atom stereocenters. The van der Waals surface area contributed by atoms with Gasteiger partial charge in [-0.15, -0.1) is 0 Å². The molecule has 1 aliphatic rings. The predicted octanol–water partition coefficient (Wildman–Crippen LogP) is 6.18. The lowest BCUT2D eigenvalue weighted by atomic mass is 9.65. The minimum Gasteiger partial charge on any atom is -0.495 e. The highest BCUT2D eigenvalue weighted by Gasteiger charge is 2.36. The average Bonchev–Trinajstić information content (AvgIpc) is 2.63. The summed E-state index contributed by atoms with van der Waals surface area (Å²) in [6, 6.07) is 11.7. The van der Waals surface area contributed by atoms with Crippen LogP contribution in [-0.4, -0.2) is 13.1 Å². The fourth-order valence-corrected chi connectivity index (χ4v) is 4.38.